The fourth-order valence-electron chi connectivity index (χ4n) is 4.69. The first-order chi connectivity index (χ1) is 18.4. The largest absolute Gasteiger partial charge is 0.484 e. The fourth-order valence-corrected chi connectivity index (χ4v) is 5.42. The highest BCUT2D eigenvalue weighted by Gasteiger charge is 2.32. The van der Waals surface area contributed by atoms with Gasteiger partial charge in [0.25, 0.3) is 5.91 Å². The van der Waals surface area contributed by atoms with Crippen molar-refractivity contribution in [2.75, 3.05) is 6.61 Å². The highest BCUT2D eigenvalue weighted by molar-refractivity contribution is 9.10. The number of hydrogen-bond donors (Lipinski definition) is 1. The van der Waals surface area contributed by atoms with Crippen LogP contribution in [-0.4, -0.2) is 35.4 Å². The van der Waals surface area contributed by atoms with Crippen LogP contribution in [0, 0.1) is 0 Å². The normalized spacial score (nSPS) is 14.5. The third-order valence-corrected chi connectivity index (χ3v) is 7.87. The summed E-state index contributed by atoms with van der Waals surface area (Å²) in [5.74, 6) is 0.0961. The van der Waals surface area contributed by atoms with Gasteiger partial charge in [0.1, 0.15) is 11.8 Å². The monoisotopic (exact) mass is 616 g/mol. The van der Waals surface area contributed by atoms with Crippen LogP contribution in [0.4, 0.5) is 0 Å². The minimum absolute atomic E-state index is 0.115. The number of amides is 2. The second-order valence-electron chi connectivity index (χ2n) is 9.55. The number of benzene rings is 3. The summed E-state index contributed by atoms with van der Waals surface area (Å²) >= 11 is 16.0. The second kappa shape index (κ2) is 14.0. The van der Waals surface area contributed by atoms with E-state index < -0.39 is 6.04 Å². The third kappa shape index (κ3) is 8.23. The molecule has 0 aromatic heterocycles. The zero-order valence-corrected chi connectivity index (χ0v) is 24.1. The van der Waals surface area contributed by atoms with Crippen molar-refractivity contribution < 1.29 is 14.3 Å². The average Bonchev–Trinajstić information content (AvgIpc) is 2.92. The number of nitrogens with one attached hydrogen (secondary N) is 1. The Kier molecular flexibility index (Phi) is 10.5. The van der Waals surface area contributed by atoms with Gasteiger partial charge in [-0.1, -0.05) is 94.8 Å². The summed E-state index contributed by atoms with van der Waals surface area (Å²) in [6, 6.07) is 21.6. The van der Waals surface area contributed by atoms with E-state index >= 15 is 0 Å². The van der Waals surface area contributed by atoms with Gasteiger partial charge in [-0.15, -0.1) is 0 Å². The van der Waals surface area contributed by atoms with E-state index in [-0.39, 0.29) is 31.0 Å². The average molecular weight is 618 g/mol. The molecule has 3 aromatic rings. The number of hydrogen-bond acceptors (Lipinski definition) is 3. The van der Waals surface area contributed by atoms with Crippen LogP contribution < -0.4 is 10.1 Å². The molecular formula is C30H31BrCl2N2O3. The highest BCUT2D eigenvalue weighted by atomic mass is 79.9. The van der Waals surface area contributed by atoms with Gasteiger partial charge in [0, 0.05) is 33.5 Å². The van der Waals surface area contributed by atoms with Crippen LogP contribution in [0.25, 0.3) is 0 Å². The van der Waals surface area contributed by atoms with Gasteiger partial charge in [0.15, 0.2) is 6.61 Å². The Morgan fingerprint density at radius 2 is 1.68 bits per heavy atom. The lowest BCUT2D eigenvalue weighted by atomic mass is 9.94. The molecule has 1 atom stereocenters. The molecule has 3 aromatic carbocycles. The molecule has 0 spiro atoms. The summed E-state index contributed by atoms with van der Waals surface area (Å²) in [6.45, 7) is -0.0665. The van der Waals surface area contributed by atoms with Crippen molar-refractivity contribution in [3.8, 4) is 5.75 Å². The molecule has 0 bridgehead atoms. The van der Waals surface area contributed by atoms with Crippen molar-refractivity contribution in [2.45, 2.75) is 57.2 Å². The van der Waals surface area contributed by atoms with Crippen molar-refractivity contribution in [3.63, 3.8) is 0 Å². The minimum Gasteiger partial charge on any atom is -0.484 e. The molecule has 0 saturated heterocycles. The lowest BCUT2D eigenvalue weighted by Crippen LogP contribution is -2.53. The number of nitrogens with zero attached hydrogens (tertiary/aromatic N) is 1. The molecule has 1 N–H and O–H groups in total. The molecule has 1 saturated carbocycles. The van der Waals surface area contributed by atoms with E-state index in [1.807, 2.05) is 42.5 Å². The summed E-state index contributed by atoms with van der Waals surface area (Å²) in [5, 5.41) is 4.18. The molecule has 0 heterocycles. The van der Waals surface area contributed by atoms with Crippen LogP contribution in [0.2, 0.25) is 10.0 Å². The first-order valence-corrected chi connectivity index (χ1v) is 14.4. The number of carbonyl (C=O) groups excluding carboxylic acids is 2. The molecule has 1 aliphatic carbocycles. The predicted octanol–water partition coefficient (Wildman–Crippen LogP) is 7.22. The maximum Gasteiger partial charge on any atom is 0.261 e. The van der Waals surface area contributed by atoms with Crippen LogP contribution in [-0.2, 0) is 22.6 Å². The van der Waals surface area contributed by atoms with E-state index in [9.17, 15) is 9.59 Å². The highest BCUT2D eigenvalue weighted by Crippen LogP contribution is 2.25. The molecule has 0 aliphatic heterocycles. The number of rotatable bonds is 10. The Balaban J connectivity index is 1.62. The summed E-state index contributed by atoms with van der Waals surface area (Å²) in [5.41, 5.74) is 1.67. The number of halogens is 3. The molecule has 8 heteroatoms. The van der Waals surface area contributed by atoms with Crippen molar-refractivity contribution in [1.82, 2.24) is 10.2 Å². The second-order valence-corrected chi connectivity index (χ2v) is 11.3. The maximum atomic E-state index is 13.8. The van der Waals surface area contributed by atoms with E-state index in [1.54, 1.807) is 35.2 Å². The molecule has 0 radical (unpaired) electrons. The Hall–Kier alpha value is -2.54. The van der Waals surface area contributed by atoms with Crippen LogP contribution in [0.1, 0.15) is 43.2 Å². The van der Waals surface area contributed by atoms with E-state index in [2.05, 4.69) is 21.2 Å². The molecule has 38 heavy (non-hydrogen) atoms. The number of carbonyl (C=O) groups is 2. The van der Waals surface area contributed by atoms with Crippen molar-refractivity contribution in [3.05, 3.63) is 98.4 Å². The Bertz CT molecular complexity index is 1220. The summed E-state index contributed by atoms with van der Waals surface area (Å²) < 4.78 is 6.74. The molecule has 2 amide bonds. The minimum atomic E-state index is -0.743. The van der Waals surface area contributed by atoms with Gasteiger partial charge in [-0.25, -0.2) is 0 Å². The molecule has 200 valence electrons. The Morgan fingerprint density at radius 3 is 2.37 bits per heavy atom. The Labute approximate surface area is 242 Å². The van der Waals surface area contributed by atoms with Crippen LogP contribution in [0.3, 0.4) is 0 Å². The molecule has 1 aliphatic rings. The quantitative estimate of drug-likeness (QED) is 0.261. The molecular weight excluding hydrogens is 587 g/mol. The predicted molar refractivity (Wildman–Crippen MR) is 156 cm³/mol. The molecule has 5 nitrogen and oxygen atoms in total. The SMILES string of the molecule is O=C(NC1CCCCC1)[C@H](Cc1ccccc1)N(Cc1ccc(Cl)cc1Cl)C(=O)COc1ccc(Br)cc1. The first kappa shape index (κ1) is 28.5. The van der Waals surface area contributed by atoms with Crippen molar-refractivity contribution in [2.24, 2.45) is 0 Å². The van der Waals surface area contributed by atoms with Gasteiger partial charge in [-0.05, 0) is 60.4 Å². The van der Waals surface area contributed by atoms with Gasteiger partial charge in [0.2, 0.25) is 5.91 Å². The van der Waals surface area contributed by atoms with Gasteiger partial charge in [0.05, 0.1) is 0 Å². The van der Waals surface area contributed by atoms with Gasteiger partial charge in [-0.3, -0.25) is 9.59 Å². The van der Waals surface area contributed by atoms with Gasteiger partial charge < -0.3 is 15.0 Å². The van der Waals surface area contributed by atoms with E-state index in [1.165, 1.54) is 6.42 Å². The molecule has 1 fully saturated rings. The third-order valence-electron chi connectivity index (χ3n) is 6.75. The van der Waals surface area contributed by atoms with Gasteiger partial charge >= 0.3 is 0 Å². The fraction of sp³-hybridized carbons (Fsp3) is 0.333. The Morgan fingerprint density at radius 1 is 0.974 bits per heavy atom. The smallest absolute Gasteiger partial charge is 0.261 e. The summed E-state index contributed by atoms with van der Waals surface area (Å²) in [7, 11) is 0. The van der Waals surface area contributed by atoms with Gasteiger partial charge in [-0.2, -0.15) is 0 Å². The zero-order chi connectivity index (χ0) is 26.9. The summed E-state index contributed by atoms with van der Waals surface area (Å²) in [6.07, 6.45) is 5.65. The van der Waals surface area contributed by atoms with E-state index in [0.717, 1.165) is 35.7 Å². The maximum absolute atomic E-state index is 13.8. The summed E-state index contributed by atoms with van der Waals surface area (Å²) in [4.78, 5) is 29.1. The number of ether oxygens (including phenoxy) is 1. The van der Waals surface area contributed by atoms with Crippen LogP contribution in [0.5, 0.6) is 5.75 Å². The zero-order valence-electron chi connectivity index (χ0n) is 21.0. The topological polar surface area (TPSA) is 58.6 Å². The lowest BCUT2D eigenvalue weighted by molar-refractivity contribution is -0.143. The standard InChI is InChI=1S/C30H31BrCl2N2O3/c31-23-12-15-26(16-13-23)38-20-29(36)35(19-22-11-14-24(32)18-27(22)33)28(17-21-7-3-1-4-8-21)30(37)34-25-9-5-2-6-10-25/h1,3-4,7-8,11-16,18,25,28H,2,5-6,9-10,17,19-20H2,(H,34,37)/t28-/m0/s1. The molecule has 0 unspecified atom stereocenters. The van der Waals surface area contributed by atoms with Crippen LogP contribution in [0.15, 0.2) is 77.3 Å². The van der Waals surface area contributed by atoms with E-state index in [0.29, 0.717) is 27.8 Å². The van der Waals surface area contributed by atoms with Crippen molar-refractivity contribution in [1.29, 1.82) is 0 Å². The van der Waals surface area contributed by atoms with E-state index in [4.69, 9.17) is 27.9 Å². The van der Waals surface area contributed by atoms with Crippen molar-refractivity contribution >= 4 is 50.9 Å². The van der Waals surface area contributed by atoms with Crippen LogP contribution >= 0.6 is 39.1 Å². The molecule has 4 rings (SSSR count). The lowest BCUT2D eigenvalue weighted by Gasteiger charge is -2.33. The first-order valence-electron chi connectivity index (χ1n) is 12.8.